The molecule has 0 N–H and O–H groups in total. The minimum absolute atomic E-state index is 1.21. The average Bonchev–Trinajstić information content (AvgIpc) is 1.59. The maximum absolute atomic E-state index is 2.34. The molecule has 0 unspecified atom stereocenters. The van der Waals surface area contributed by atoms with Gasteiger partial charge in [-0.05, 0) is 205 Å². The van der Waals surface area contributed by atoms with Crippen LogP contribution in [0.1, 0.15) is 33.4 Å². The van der Waals surface area contributed by atoms with Gasteiger partial charge in [0.15, 0.2) is 0 Å². The van der Waals surface area contributed by atoms with Crippen LogP contribution >= 0.6 is 56.7 Å². The van der Waals surface area contributed by atoms with Gasteiger partial charge in [0.25, 0.3) is 0 Å². The van der Waals surface area contributed by atoms with Crippen molar-refractivity contribution < 1.29 is 0 Å². The number of thiophene rings is 5. The smallest absolute Gasteiger partial charge is 0.0541 e. The van der Waals surface area contributed by atoms with Crippen molar-refractivity contribution in [3.8, 4) is 61.3 Å². The van der Waals surface area contributed by atoms with Crippen molar-refractivity contribution in [2.75, 3.05) is 0 Å². The number of aromatic nitrogens is 2. The van der Waals surface area contributed by atoms with Crippen LogP contribution in [0.5, 0.6) is 0 Å². The molecule has 0 aliphatic carbocycles. The van der Waals surface area contributed by atoms with Crippen LogP contribution in [0.25, 0.3) is 206 Å². The normalized spacial score (nSPS) is 11.2. The Balaban J connectivity index is 0.0000000941. The fourth-order valence-electron chi connectivity index (χ4n) is 19.0. The molecule has 0 amide bonds. The lowest BCUT2D eigenvalue weighted by atomic mass is 9.96. The van der Waals surface area contributed by atoms with Crippen LogP contribution in [0.2, 0.25) is 0 Å². The van der Waals surface area contributed by atoms with Crippen molar-refractivity contribution in [2.45, 2.75) is 41.5 Å². The summed E-state index contributed by atoms with van der Waals surface area (Å²) in [5.41, 5.74) is 27.4. The minimum Gasteiger partial charge on any atom is -0.344 e. The number of benzene rings is 20. The van der Waals surface area contributed by atoms with Gasteiger partial charge in [0.2, 0.25) is 0 Å². The molecule has 7 aromatic heterocycles. The fraction of sp³-hybridized carbons (Fsp3) is 0.0551. The Bertz CT molecular complexity index is 8910. The van der Waals surface area contributed by atoms with E-state index >= 15 is 0 Å². The zero-order chi connectivity index (χ0) is 90.7. The first-order valence-electron chi connectivity index (χ1n) is 45.7. The summed E-state index contributed by atoms with van der Waals surface area (Å²) >= 11 is 9.39. The third-order valence-corrected chi connectivity index (χ3v) is 31.4. The minimum atomic E-state index is 1.21. The van der Waals surface area contributed by atoms with E-state index in [0.29, 0.717) is 0 Å². The Labute approximate surface area is 801 Å². The van der Waals surface area contributed by atoms with Gasteiger partial charge >= 0.3 is 0 Å². The zero-order valence-electron chi connectivity index (χ0n) is 75.7. The van der Waals surface area contributed by atoms with Gasteiger partial charge in [-0.1, -0.05) is 380 Å². The molecule has 0 fully saturated rings. The highest BCUT2D eigenvalue weighted by atomic mass is 32.1. The molecule has 0 bridgehead atoms. The van der Waals surface area contributed by atoms with Gasteiger partial charge in [0.05, 0.1) is 11.0 Å². The first-order valence-corrected chi connectivity index (χ1v) is 49.8. The molecule has 0 atom stereocenters. The van der Waals surface area contributed by atoms with Gasteiger partial charge < -0.3 is 9.13 Å². The average molecular weight is 1810 g/mol. The lowest BCUT2D eigenvalue weighted by molar-refractivity contribution is 1.01. The second-order valence-electron chi connectivity index (χ2n) is 34.5. The SMILES string of the molecule is Cc1ccc(-c2ccc3c(c2)sc2ccccc23)cc1.Cc1ccc(-c2cccc3sc4ccccc4c23)cc1.Cc1ccc2c(c1)c1ccccc1n2-c1ccccc1.Cc1cccc(-c2cccc3sc4ccccc4c23)c1.Cc1ccccc1-c1cccc2c1sc1ccccc12.Cc1ccccc1-c1cccc2sc3ccccc3c12.Cn1c2ccccc2c2ccccc21. The Morgan fingerprint density at radius 2 is 0.515 bits per heavy atom. The Morgan fingerprint density at radius 1 is 0.172 bits per heavy atom. The molecule has 7 heterocycles. The maximum atomic E-state index is 2.34. The van der Waals surface area contributed by atoms with E-state index in [4.69, 9.17) is 0 Å². The van der Waals surface area contributed by atoms with Crippen LogP contribution in [0.4, 0.5) is 0 Å². The van der Waals surface area contributed by atoms with Crippen LogP contribution in [0.3, 0.4) is 0 Å². The highest BCUT2D eigenvalue weighted by Gasteiger charge is 2.18. The van der Waals surface area contributed by atoms with E-state index < -0.39 is 0 Å². The predicted molar refractivity (Wildman–Crippen MR) is 593 cm³/mol. The third-order valence-electron chi connectivity index (χ3n) is 25.6. The zero-order valence-corrected chi connectivity index (χ0v) is 79.8. The molecule has 20 aromatic carbocycles. The molecule has 644 valence electrons. The van der Waals surface area contributed by atoms with Crippen LogP contribution in [0, 0.1) is 41.5 Å². The van der Waals surface area contributed by atoms with E-state index in [1.165, 1.54) is 239 Å². The summed E-state index contributed by atoms with van der Waals surface area (Å²) in [5.74, 6) is 0. The highest BCUT2D eigenvalue weighted by Crippen LogP contribution is 2.46. The summed E-state index contributed by atoms with van der Waals surface area (Å²) in [6.45, 7) is 12.9. The number of aryl methyl sites for hydroxylation is 7. The van der Waals surface area contributed by atoms with Gasteiger partial charge in [-0.25, -0.2) is 0 Å². The predicted octanol–water partition coefficient (Wildman–Crippen LogP) is 38.6. The lowest BCUT2D eigenvalue weighted by Gasteiger charge is -2.07. The molecule has 27 rings (SSSR count). The fourth-order valence-corrected chi connectivity index (χ4v) is 24.8. The number of rotatable bonds is 6. The maximum Gasteiger partial charge on any atom is 0.0541 e. The summed E-state index contributed by atoms with van der Waals surface area (Å²) in [7, 11) is 2.12. The molecule has 2 nitrogen and oxygen atoms in total. The Hall–Kier alpha value is -14.9. The first kappa shape index (κ1) is 85.9. The summed E-state index contributed by atoms with van der Waals surface area (Å²) in [6.07, 6.45) is 0. The van der Waals surface area contributed by atoms with E-state index in [9.17, 15) is 0 Å². The van der Waals surface area contributed by atoms with E-state index in [1.807, 2.05) is 56.7 Å². The topological polar surface area (TPSA) is 9.86 Å². The number of hydrogen-bond acceptors (Lipinski definition) is 5. The van der Waals surface area contributed by atoms with Crippen molar-refractivity contribution in [3.63, 3.8) is 0 Å². The van der Waals surface area contributed by atoms with E-state index in [0.717, 1.165) is 0 Å². The quantitative estimate of drug-likeness (QED) is 0.157. The van der Waals surface area contributed by atoms with Gasteiger partial charge in [-0.15, -0.1) is 56.7 Å². The first-order chi connectivity index (χ1) is 65.9. The van der Waals surface area contributed by atoms with Crippen molar-refractivity contribution in [1.82, 2.24) is 9.13 Å². The van der Waals surface area contributed by atoms with Gasteiger partial charge in [0.1, 0.15) is 0 Å². The number of nitrogens with zero attached hydrogens (tertiary/aromatic N) is 2. The van der Waals surface area contributed by atoms with Crippen molar-refractivity contribution in [1.29, 1.82) is 0 Å². The van der Waals surface area contributed by atoms with Gasteiger partial charge in [-0.3, -0.25) is 0 Å². The van der Waals surface area contributed by atoms with Crippen LogP contribution < -0.4 is 0 Å². The van der Waals surface area contributed by atoms with E-state index in [1.54, 1.807) is 0 Å². The second-order valence-corrected chi connectivity index (χ2v) is 39.8. The molecule has 0 spiro atoms. The van der Waals surface area contributed by atoms with E-state index in [2.05, 4.69) is 513 Å². The molecule has 0 aliphatic rings. The monoisotopic (exact) mass is 1810 g/mol. The van der Waals surface area contributed by atoms with Crippen LogP contribution in [-0.4, -0.2) is 9.13 Å². The van der Waals surface area contributed by atoms with Crippen molar-refractivity contribution in [3.05, 3.63) is 488 Å². The van der Waals surface area contributed by atoms with Crippen LogP contribution in [0.15, 0.2) is 455 Å². The lowest BCUT2D eigenvalue weighted by Crippen LogP contribution is -1.92. The molecular formula is C127H96N2S5. The van der Waals surface area contributed by atoms with Crippen molar-refractivity contribution in [2.24, 2.45) is 7.05 Å². The molecule has 0 saturated carbocycles. The number of hydrogen-bond donors (Lipinski definition) is 0. The molecular weight excluding hydrogens is 1710 g/mol. The van der Waals surface area contributed by atoms with Gasteiger partial charge in [0, 0.05) is 146 Å². The van der Waals surface area contributed by atoms with Crippen molar-refractivity contribution >= 4 is 201 Å². The Morgan fingerprint density at radius 3 is 1.06 bits per heavy atom. The summed E-state index contributed by atoms with van der Waals surface area (Å²) in [5, 5.41) is 19.0. The van der Waals surface area contributed by atoms with E-state index in [-0.39, 0.29) is 0 Å². The molecule has 0 radical (unpaired) electrons. The Kier molecular flexibility index (Phi) is 24.4. The summed E-state index contributed by atoms with van der Waals surface area (Å²) in [6, 6.07) is 163. The van der Waals surface area contributed by atoms with Crippen LogP contribution in [-0.2, 0) is 7.05 Å². The highest BCUT2D eigenvalue weighted by molar-refractivity contribution is 7.27. The van der Waals surface area contributed by atoms with Gasteiger partial charge in [-0.2, -0.15) is 0 Å². The molecule has 0 saturated heterocycles. The molecule has 27 aromatic rings. The molecule has 134 heavy (non-hydrogen) atoms. The summed E-state index contributed by atoms with van der Waals surface area (Å²) in [4.78, 5) is 0. The standard InChI is InChI=1S/C19H15N.5C19H14S.C13H11N/c1-14-11-12-19-17(13-14)16-9-5-6-10-18(16)20(19)15-7-3-2-4-8-15;1-13-6-4-7-14(12-13)15-9-5-11-18-19(15)16-8-2-3-10-17(16)20-18;1-13-7-2-3-8-14(13)16-10-6-11-17-15-9-4-5-12-18(15)20-19(16)17;1-13-7-2-3-8-14(13)15-10-6-12-18-19(15)16-9-4-5-11-17(16)20-18;1-13-9-11-14(12-10-13)15-6-4-8-18-19(15)16-5-2-3-7-17(16)20-18;1-13-6-8-14(9-7-13)15-10-11-17-16-4-2-3-5-18(16)20-19(17)12-15;1-14-12-8-4-2-6-10(12)11-7-3-5-9-13(11)14/h2-13H,1H3;5*2-12H,1H3;2-9H,1H3. The molecule has 7 heteroatoms. The largest absolute Gasteiger partial charge is 0.344 e. The second kappa shape index (κ2) is 38.1. The molecule has 0 aliphatic heterocycles. The third kappa shape index (κ3) is 17.2. The number of para-hydroxylation sites is 4. The number of fused-ring (bicyclic) bond motifs is 21. The summed E-state index contributed by atoms with van der Waals surface area (Å²) < 4.78 is 18.3.